The fraction of sp³-hybridized carbons (Fsp3) is 0.118. The van der Waals surface area contributed by atoms with Crippen molar-refractivity contribution in [3.05, 3.63) is 71.6 Å². The summed E-state index contributed by atoms with van der Waals surface area (Å²) in [7, 11) is -2.14. The van der Waals surface area contributed by atoms with E-state index in [-0.39, 0.29) is 23.2 Å². The molecule has 2 aromatic carbocycles. The molecule has 1 amide bonds. The molecule has 2 rings (SSSR count). The molecule has 0 saturated carbocycles. The van der Waals surface area contributed by atoms with Gasteiger partial charge in [-0.3, -0.25) is 4.79 Å². The summed E-state index contributed by atoms with van der Waals surface area (Å²) < 4.78 is 38.9. The van der Waals surface area contributed by atoms with E-state index in [0.29, 0.717) is 11.1 Å². The van der Waals surface area contributed by atoms with Gasteiger partial charge in [0.05, 0.1) is 4.90 Å². The van der Waals surface area contributed by atoms with Gasteiger partial charge in [0, 0.05) is 18.2 Å². The zero-order chi connectivity index (χ0) is 17.6. The van der Waals surface area contributed by atoms with Crippen LogP contribution in [0.3, 0.4) is 0 Å². The van der Waals surface area contributed by atoms with Crippen LogP contribution in [-0.2, 0) is 21.4 Å². The summed E-state index contributed by atoms with van der Waals surface area (Å²) in [5.74, 6) is -0.742. The zero-order valence-electron chi connectivity index (χ0n) is 13.0. The van der Waals surface area contributed by atoms with Crippen molar-refractivity contribution in [3.8, 4) is 0 Å². The normalized spacial score (nSPS) is 11.6. The Morgan fingerprint density at radius 2 is 1.79 bits per heavy atom. The highest BCUT2D eigenvalue weighted by atomic mass is 32.2. The Hall–Kier alpha value is -2.51. The largest absolute Gasteiger partial charge is 0.348 e. The summed E-state index contributed by atoms with van der Waals surface area (Å²) in [4.78, 5) is 11.9. The average molecular weight is 348 g/mol. The molecular weight excluding hydrogens is 331 g/mol. The first-order valence-corrected chi connectivity index (χ1v) is 8.63. The molecule has 2 N–H and O–H groups in total. The fourth-order valence-electron chi connectivity index (χ4n) is 1.93. The van der Waals surface area contributed by atoms with Crippen LogP contribution in [0.5, 0.6) is 0 Å². The highest BCUT2D eigenvalue weighted by Crippen LogP contribution is 2.11. The fourth-order valence-corrected chi connectivity index (χ4v) is 2.66. The smallest absolute Gasteiger partial charge is 0.244 e. The topological polar surface area (TPSA) is 75.3 Å². The molecule has 0 aromatic heterocycles. The summed E-state index contributed by atoms with van der Waals surface area (Å²) in [6, 6.07) is 12.3. The maximum atomic E-state index is 13.4. The van der Waals surface area contributed by atoms with E-state index in [1.54, 1.807) is 36.4 Å². The Morgan fingerprint density at radius 3 is 2.42 bits per heavy atom. The third kappa shape index (κ3) is 4.74. The molecule has 0 aliphatic carbocycles. The van der Waals surface area contributed by atoms with E-state index in [1.165, 1.54) is 31.3 Å². The monoisotopic (exact) mass is 348 g/mol. The van der Waals surface area contributed by atoms with Gasteiger partial charge in [-0.1, -0.05) is 30.3 Å². The number of halogens is 1. The van der Waals surface area contributed by atoms with Crippen LogP contribution in [0, 0.1) is 5.82 Å². The minimum atomic E-state index is -3.48. The SMILES string of the molecule is CNS(=O)(=O)c1ccc(/C=C/C(=O)NCc2ccccc2F)cc1. The van der Waals surface area contributed by atoms with Crippen molar-refractivity contribution in [1.29, 1.82) is 0 Å². The number of hydrogen-bond donors (Lipinski definition) is 2. The molecule has 7 heteroatoms. The molecule has 0 radical (unpaired) electrons. The molecule has 0 saturated heterocycles. The van der Waals surface area contributed by atoms with Gasteiger partial charge in [-0.2, -0.15) is 0 Å². The van der Waals surface area contributed by atoms with Crippen molar-refractivity contribution in [1.82, 2.24) is 10.0 Å². The van der Waals surface area contributed by atoms with E-state index >= 15 is 0 Å². The van der Waals surface area contributed by atoms with E-state index in [1.807, 2.05) is 0 Å². The molecule has 0 aliphatic heterocycles. The van der Waals surface area contributed by atoms with Crippen molar-refractivity contribution < 1.29 is 17.6 Å². The zero-order valence-corrected chi connectivity index (χ0v) is 13.8. The van der Waals surface area contributed by atoms with Gasteiger partial charge in [0.1, 0.15) is 5.82 Å². The van der Waals surface area contributed by atoms with Crippen molar-refractivity contribution >= 4 is 22.0 Å². The molecular formula is C17H17FN2O3S. The van der Waals surface area contributed by atoms with Gasteiger partial charge in [-0.05, 0) is 36.9 Å². The molecule has 0 unspecified atom stereocenters. The number of hydrogen-bond acceptors (Lipinski definition) is 3. The van der Waals surface area contributed by atoms with Crippen LogP contribution in [0.15, 0.2) is 59.5 Å². The van der Waals surface area contributed by atoms with E-state index in [9.17, 15) is 17.6 Å². The summed E-state index contributed by atoms with van der Waals surface area (Å²) in [5.41, 5.74) is 1.08. The van der Waals surface area contributed by atoms with E-state index in [0.717, 1.165) is 0 Å². The lowest BCUT2D eigenvalue weighted by molar-refractivity contribution is -0.116. The second kappa shape index (κ2) is 7.85. The van der Waals surface area contributed by atoms with Crippen molar-refractivity contribution in [2.45, 2.75) is 11.4 Å². The predicted molar refractivity (Wildman–Crippen MR) is 90.0 cm³/mol. The second-order valence-electron chi connectivity index (χ2n) is 4.92. The Kier molecular flexibility index (Phi) is 5.83. The number of sulfonamides is 1. The Bertz CT molecular complexity index is 846. The molecule has 0 spiro atoms. The van der Waals surface area contributed by atoms with Crippen LogP contribution in [-0.4, -0.2) is 21.4 Å². The minimum absolute atomic E-state index is 0.0925. The van der Waals surface area contributed by atoms with E-state index in [4.69, 9.17) is 0 Å². The first-order chi connectivity index (χ1) is 11.4. The van der Waals surface area contributed by atoms with Crippen molar-refractivity contribution in [2.24, 2.45) is 0 Å². The van der Waals surface area contributed by atoms with Crippen LogP contribution < -0.4 is 10.0 Å². The van der Waals surface area contributed by atoms with Crippen molar-refractivity contribution in [2.75, 3.05) is 7.05 Å². The summed E-state index contributed by atoms with van der Waals surface area (Å²) in [5, 5.41) is 2.58. The maximum absolute atomic E-state index is 13.4. The van der Waals surface area contributed by atoms with Crippen LogP contribution in [0.4, 0.5) is 4.39 Å². The number of amides is 1. The highest BCUT2D eigenvalue weighted by Gasteiger charge is 2.09. The van der Waals surface area contributed by atoms with E-state index < -0.39 is 10.0 Å². The van der Waals surface area contributed by atoms with Gasteiger partial charge in [0.15, 0.2) is 0 Å². The Labute approximate surface area is 140 Å². The van der Waals surface area contributed by atoms with Crippen molar-refractivity contribution in [3.63, 3.8) is 0 Å². The molecule has 0 aliphatic rings. The summed E-state index contributed by atoms with van der Waals surface area (Å²) >= 11 is 0. The third-order valence-electron chi connectivity index (χ3n) is 3.30. The van der Waals surface area contributed by atoms with E-state index in [2.05, 4.69) is 10.0 Å². The lowest BCUT2D eigenvalue weighted by atomic mass is 10.2. The summed E-state index contributed by atoms with van der Waals surface area (Å²) in [6.45, 7) is 0.0925. The van der Waals surface area contributed by atoms with Gasteiger partial charge in [-0.15, -0.1) is 0 Å². The van der Waals surface area contributed by atoms with Crippen LogP contribution in [0.25, 0.3) is 6.08 Å². The predicted octanol–water partition coefficient (Wildman–Crippen LogP) is 2.06. The molecule has 2 aromatic rings. The number of rotatable bonds is 6. The lowest BCUT2D eigenvalue weighted by Gasteiger charge is -2.04. The highest BCUT2D eigenvalue weighted by molar-refractivity contribution is 7.89. The molecule has 5 nitrogen and oxygen atoms in total. The molecule has 0 fully saturated rings. The van der Waals surface area contributed by atoms with Gasteiger partial charge < -0.3 is 5.32 Å². The minimum Gasteiger partial charge on any atom is -0.348 e. The molecule has 0 atom stereocenters. The van der Waals surface area contributed by atoms with Gasteiger partial charge in [0.25, 0.3) is 0 Å². The quantitative estimate of drug-likeness (QED) is 0.785. The second-order valence-corrected chi connectivity index (χ2v) is 6.81. The third-order valence-corrected chi connectivity index (χ3v) is 4.73. The number of carbonyl (C=O) groups is 1. The molecule has 24 heavy (non-hydrogen) atoms. The van der Waals surface area contributed by atoms with Crippen LogP contribution >= 0.6 is 0 Å². The van der Waals surface area contributed by atoms with Gasteiger partial charge in [0.2, 0.25) is 15.9 Å². The Balaban J connectivity index is 1.95. The van der Waals surface area contributed by atoms with Crippen LogP contribution in [0.2, 0.25) is 0 Å². The maximum Gasteiger partial charge on any atom is 0.244 e. The van der Waals surface area contributed by atoms with Gasteiger partial charge in [-0.25, -0.2) is 17.5 Å². The standard InChI is InChI=1S/C17H17FN2O3S/c1-19-24(22,23)15-9-6-13(7-10-15)8-11-17(21)20-12-14-4-2-3-5-16(14)18/h2-11,19H,12H2,1H3,(H,20,21)/b11-8+. The summed E-state index contributed by atoms with van der Waals surface area (Å²) in [6.07, 6.45) is 2.86. The van der Waals surface area contributed by atoms with Crippen LogP contribution in [0.1, 0.15) is 11.1 Å². The molecule has 0 heterocycles. The number of carbonyl (C=O) groups excluding carboxylic acids is 1. The average Bonchev–Trinajstić information content (AvgIpc) is 2.59. The molecule has 0 bridgehead atoms. The Morgan fingerprint density at radius 1 is 1.12 bits per heavy atom. The number of benzene rings is 2. The molecule has 126 valence electrons. The van der Waals surface area contributed by atoms with Gasteiger partial charge >= 0.3 is 0 Å². The lowest BCUT2D eigenvalue weighted by Crippen LogP contribution is -2.20. The first-order valence-electron chi connectivity index (χ1n) is 7.15. The number of nitrogens with one attached hydrogen (secondary N) is 2. The first kappa shape index (κ1) is 17.8.